The third-order valence-electron chi connectivity index (χ3n) is 3.60. The number of piperazine rings is 1. The summed E-state index contributed by atoms with van der Waals surface area (Å²) < 4.78 is 5.05. The van der Waals surface area contributed by atoms with E-state index in [1.54, 1.807) is 0 Å². The highest BCUT2D eigenvalue weighted by atomic mass is 16.5. The molecular weight excluding hydrogens is 254 g/mol. The number of hydrogen-bond donors (Lipinski definition) is 1. The first-order chi connectivity index (χ1) is 9.77. The number of hydrogen-bond acceptors (Lipinski definition) is 4. The lowest BCUT2D eigenvalue weighted by molar-refractivity contribution is 0.0736. The molecule has 1 aromatic heterocycles. The van der Waals surface area contributed by atoms with E-state index in [1.807, 2.05) is 36.1 Å². The average molecular weight is 271 g/mol. The Hall–Kier alpha value is -2.14. The van der Waals surface area contributed by atoms with Gasteiger partial charge in [0, 0.05) is 31.7 Å². The molecule has 0 spiro atoms. The van der Waals surface area contributed by atoms with E-state index in [2.05, 4.69) is 10.5 Å². The van der Waals surface area contributed by atoms with Gasteiger partial charge in [-0.3, -0.25) is 4.79 Å². The second-order valence-electron chi connectivity index (χ2n) is 4.93. The predicted octanol–water partition coefficient (Wildman–Crippen LogP) is 1.70. The molecule has 3 rings (SSSR count). The lowest BCUT2D eigenvalue weighted by atomic mass is 10.0. The number of nitrogens with zero attached hydrogens (tertiary/aromatic N) is 2. The standard InChI is InChI=1S/C15H17N3O2/c1-11-4-2-3-5-12(11)14-13(10-20-17-14)15(19)18-8-6-16-7-9-18/h2-5,10,16H,6-9H2,1H3. The van der Waals surface area contributed by atoms with Gasteiger partial charge in [0.2, 0.25) is 0 Å². The Morgan fingerprint density at radius 1 is 1.30 bits per heavy atom. The summed E-state index contributed by atoms with van der Waals surface area (Å²) in [6.07, 6.45) is 1.45. The number of aromatic nitrogens is 1. The zero-order valence-electron chi connectivity index (χ0n) is 11.4. The Kier molecular flexibility index (Phi) is 3.52. The Morgan fingerprint density at radius 2 is 2.05 bits per heavy atom. The van der Waals surface area contributed by atoms with Gasteiger partial charge >= 0.3 is 0 Å². The van der Waals surface area contributed by atoms with Crippen LogP contribution in [0.1, 0.15) is 15.9 Å². The van der Waals surface area contributed by atoms with E-state index in [4.69, 9.17) is 4.52 Å². The molecule has 0 saturated carbocycles. The van der Waals surface area contributed by atoms with Crippen molar-refractivity contribution in [3.8, 4) is 11.3 Å². The van der Waals surface area contributed by atoms with Crippen LogP contribution in [0, 0.1) is 6.92 Å². The van der Waals surface area contributed by atoms with E-state index < -0.39 is 0 Å². The first-order valence-electron chi connectivity index (χ1n) is 6.78. The first kappa shape index (κ1) is 12.9. The summed E-state index contributed by atoms with van der Waals surface area (Å²) in [4.78, 5) is 14.4. The lowest BCUT2D eigenvalue weighted by Gasteiger charge is -2.27. The van der Waals surface area contributed by atoms with Crippen molar-refractivity contribution in [3.63, 3.8) is 0 Å². The highest BCUT2D eigenvalue weighted by Gasteiger charge is 2.24. The van der Waals surface area contributed by atoms with Crippen LogP contribution < -0.4 is 5.32 Å². The van der Waals surface area contributed by atoms with Crippen LogP contribution in [0.3, 0.4) is 0 Å². The Morgan fingerprint density at radius 3 is 2.80 bits per heavy atom. The van der Waals surface area contributed by atoms with Gasteiger partial charge in [0.1, 0.15) is 17.5 Å². The molecule has 2 heterocycles. The molecule has 0 radical (unpaired) electrons. The molecule has 104 valence electrons. The van der Waals surface area contributed by atoms with Crippen LogP contribution in [-0.4, -0.2) is 42.1 Å². The van der Waals surface area contributed by atoms with Crippen molar-refractivity contribution in [3.05, 3.63) is 41.7 Å². The quantitative estimate of drug-likeness (QED) is 0.903. The summed E-state index contributed by atoms with van der Waals surface area (Å²) in [5.41, 5.74) is 3.20. The average Bonchev–Trinajstić information content (AvgIpc) is 2.97. The minimum Gasteiger partial charge on any atom is -0.363 e. The van der Waals surface area contributed by atoms with Crippen molar-refractivity contribution >= 4 is 5.91 Å². The first-order valence-corrected chi connectivity index (χ1v) is 6.78. The van der Waals surface area contributed by atoms with Gasteiger partial charge in [0.25, 0.3) is 5.91 Å². The number of nitrogens with one attached hydrogen (secondary N) is 1. The molecular formula is C15H17N3O2. The number of benzene rings is 1. The van der Waals surface area contributed by atoms with Gasteiger partial charge in [-0.05, 0) is 12.5 Å². The molecule has 1 fully saturated rings. The number of carbonyl (C=O) groups excluding carboxylic acids is 1. The molecule has 5 heteroatoms. The minimum absolute atomic E-state index is 0.00833. The molecule has 1 aliphatic rings. The van der Waals surface area contributed by atoms with E-state index in [9.17, 15) is 4.79 Å². The summed E-state index contributed by atoms with van der Waals surface area (Å²) in [6, 6.07) is 7.87. The Bertz CT molecular complexity index is 615. The molecule has 0 atom stereocenters. The molecule has 2 aromatic rings. The van der Waals surface area contributed by atoms with E-state index in [-0.39, 0.29) is 5.91 Å². The van der Waals surface area contributed by atoms with Gasteiger partial charge in [-0.15, -0.1) is 0 Å². The second kappa shape index (κ2) is 5.46. The zero-order chi connectivity index (χ0) is 13.9. The maximum Gasteiger partial charge on any atom is 0.259 e. The monoisotopic (exact) mass is 271 g/mol. The molecule has 0 aliphatic carbocycles. The third kappa shape index (κ3) is 2.32. The van der Waals surface area contributed by atoms with Crippen molar-refractivity contribution < 1.29 is 9.32 Å². The van der Waals surface area contributed by atoms with E-state index in [1.165, 1.54) is 6.26 Å². The maximum absolute atomic E-state index is 12.6. The van der Waals surface area contributed by atoms with Gasteiger partial charge < -0.3 is 14.7 Å². The molecule has 5 nitrogen and oxygen atoms in total. The molecule has 1 aromatic carbocycles. The SMILES string of the molecule is Cc1ccccc1-c1nocc1C(=O)N1CCNCC1. The van der Waals surface area contributed by atoms with Crippen molar-refractivity contribution in [1.82, 2.24) is 15.4 Å². The number of aryl methyl sites for hydroxylation is 1. The fraction of sp³-hybridized carbons (Fsp3) is 0.333. The van der Waals surface area contributed by atoms with Gasteiger partial charge in [-0.1, -0.05) is 29.4 Å². The number of carbonyl (C=O) groups is 1. The number of amides is 1. The van der Waals surface area contributed by atoms with Crippen molar-refractivity contribution in [1.29, 1.82) is 0 Å². The molecule has 0 bridgehead atoms. The Balaban J connectivity index is 1.94. The van der Waals surface area contributed by atoms with Crippen LogP contribution in [0.4, 0.5) is 0 Å². The Labute approximate surface area is 117 Å². The normalized spacial score (nSPS) is 15.3. The molecule has 1 aliphatic heterocycles. The molecule has 0 unspecified atom stereocenters. The highest BCUT2D eigenvalue weighted by molar-refractivity contribution is 5.99. The molecule has 1 amide bonds. The predicted molar refractivity (Wildman–Crippen MR) is 75.4 cm³/mol. The molecule has 1 N–H and O–H groups in total. The van der Waals surface area contributed by atoms with E-state index in [0.717, 1.165) is 37.3 Å². The second-order valence-corrected chi connectivity index (χ2v) is 4.93. The van der Waals surface area contributed by atoms with Crippen LogP contribution in [0.2, 0.25) is 0 Å². The fourth-order valence-corrected chi connectivity index (χ4v) is 2.46. The van der Waals surface area contributed by atoms with Crippen molar-refractivity contribution in [2.24, 2.45) is 0 Å². The van der Waals surface area contributed by atoms with Crippen LogP contribution in [0.15, 0.2) is 35.1 Å². The van der Waals surface area contributed by atoms with Gasteiger partial charge in [-0.2, -0.15) is 0 Å². The summed E-state index contributed by atoms with van der Waals surface area (Å²) in [5.74, 6) is -0.00833. The maximum atomic E-state index is 12.6. The van der Waals surface area contributed by atoms with Crippen LogP contribution in [-0.2, 0) is 0 Å². The van der Waals surface area contributed by atoms with Gasteiger partial charge in [0.15, 0.2) is 0 Å². The van der Waals surface area contributed by atoms with Crippen molar-refractivity contribution in [2.45, 2.75) is 6.92 Å². The summed E-state index contributed by atoms with van der Waals surface area (Å²) in [7, 11) is 0. The van der Waals surface area contributed by atoms with Crippen LogP contribution >= 0.6 is 0 Å². The highest BCUT2D eigenvalue weighted by Crippen LogP contribution is 2.26. The summed E-state index contributed by atoms with van der Waals surface area (Å²) in [5, 5.41) is 7.26. The van der Waals surface area contributed by atoms with E-state index in [0.29, 0.717) is 11.3 Å². The van der Waals surface area contributed by atoms with Crippen LogP contribution in [0.25, 0.3) is 11.3 Å². The minimum atomic E-state index is -0.00833. The summed E-state index contributed by atoms with van der Waals surface area (Å²) >= 11 is 0. The molecule has 1 saturated heterocycles. The topological polar surface area (TPSA) is 58.4 Å². The third-order valence-corrected chi connectivity index (χ3v) is 3.60. The van der Waals surface area contributed by atoms with E-state index >= 15 is 0 Å². The lowest BCUT2D eigenvalue weighted by Crippen LogP contribution is -2.46. The van der Waals surface area contributed by atoms with Gasteiger partial charge in [-0.25, -0.2) is 0 Å². The fourth-order valence-electron chi connectivity index (χ4n) is 2.46. The van der Waals surface area contributed by atoms with Gasteiger partial charge in [0.05, 0.1) is 0 Å². The van der Waals surface area contributed by atoms with Crippen LogP contribution in [0.5, 0.6) is 0 Å². The van der Waals surface area contributed by atoms with Crippen molar-refractivity contribution in [2.75, 3.05) is 26.2 Å². The number of rotatable bonds is 2. The summed E-state index contributed by atoms with van der Waals surface area (Å²) in [6.45, 7) is 5.10. The molecule has 20 heavy (non-hydrogen) atoms. The largest absolute Gasteiger partial charge is 0.363 e. The smallest absolute Gasteiger partial charge is 0.259 e. The zero-order valence-corrected chi connectivity index (χ0v) is 11.4.